The van der Waals surface area contributed by atoms with E-state index in [4.69, 9.17) is 24.4 Å². The summed E-state index contributed by atoms with van der Waals surface area (Å²) in [6.45, 7) is 0. The van der Waals surface area contributed by atoms with Crippen molar-refractivity contribution in [2.75, 3.05) is 0 Å². The van der Waals surface area contributed by atoms with E-state index in [0.717, 1.165) is 49.5 Å². The Morgan fingerprint density at radius 3 is 1.66 bits per heavy atom. The topological polar surface area (TPSA) is 64.7 Å². The molecule has 0 aliphatic carbocycles. The van der Waals surface area contributed by atoms with Gasteiger partial charge in [-0.3, -0.25) is 0 Å². The standard InChI is InChI=1S/C36H22N4O/c1-3-10-24(11-4-1)33-38-34(25-12-5-2-6-13-25)40-35(39-33)28-17-19-30-27(22-28)18-20-31-32(30)37-36(41-31)29-16-15-23-9-7-8-14-26(23)21-29/h1-22H. The molecule has 0 amide bonds. The lowest BCUT2D eigenvalue weighted by Crippen LogP contribution is -2.00. The van der Waals surface area contributed by atoms with Crippen molar-refractivity contribution in [3.05, 3.63) is 133 Å². The summed E-state index contributed by atoms with van der Waals surface area (Å²) in [5, 5.41) is 4.40. The first-order valence-corrected chi connectivity index (χ1v) is 13.5. The van der Waals surface area contributed by atoms with Crippen LogP contribution in [0.3, 0.4) is 0 Å². The largest absolute Gasteiger partial charge is 0.436 e. The quantitative estimate of drug-likeness (QED) is 0.229. The molecule has 2 aromatic heterocycles. The lowest BCUT2D eigenvalue weighted by atomic mass is 10.0. The number of benzene rings is 6. The van der Waals surface area contributed by atoms with E-state index in [1.54, 1.807) is 0 Å². The van der Waals surface area contributed by atoms with Crippen LogP contribution in [0.1, 0.15) is 0 Å². The number of hydrogen-bond acceptors (Lipinski definition) is 5. The summed E-state index contributed by atoms with van der Waals surface area (Å²) in [5.74, 6) is 2.51. The van der Waals surface area contributed by atoms with Crippen LogP contribution in [0, 0.1) is 0 Å². The maximum absolute atomic E-state index is 6.21. The second-order valence-corrected chi connectivity index (χ2v) is 9.97. The number of hydrogen-bond donors (Lipinski definition) is 0. The van der Waals surface area contributed by atoms with Gasteiger partial charge in [-0.1, -0.05) is 109 Å². The van der Waals surface area contributed by atoms with E-state index < -0.39 is 0 Å². The first kappa shape index (κ1) is 23.2. The SMILES string of the molecule is c1ccc(-c2nc(-c3ccccc3)nc(-c3ccc4c(ccc5oc(-c6ccc7ccccc7c6)nc54)c3)n2)cc1. The Labute approximate surface area is 235 Å². The van der Waals surface area contributed by atoms with Crippen LogP contribution in [0.25, 0.3) is 78.3 Å². The van der Waals surface area contributed by atoms with Crippen molar-refractivity contribution in [2.45, 2.75) is 0 Å². The van der Waals surface area contributed by atoms with Crippen molar-refractivity contribution in [3.63, 3.8) is 0 Å². The van der Waals surface area contributed by atoms with Gasteiger partial charge >= 0.3 is 0 Å². The Bertz CT molecular complexity index is 2150. The Kier molecular flexibility index (Phi) is 5.38. The zero-order valence-corrected chi connectivity index (χ0v) is 21.9. The molecule has 8 rings (SSSR count). The Balaban J connectivity index is 1.24. The highest BCUT2D eigenvalue weighted by molar-refractivity contribution is 6.05. The van der Waals surface area contributed by atoms with Crippen LogP contribution in [0.5, 0.6) is 0 Å². The summed E-state index contributed by atoms with van der Waals surface area (Å²) in [6.07, 6.45) is 0. The Hall–Kier alpha value is -5.68. The smallest absolute Gasteiger partial charge is 0.227 e. The summed E-state index contributed by atoms with van der Waals surface area (Å²) in [6, 6.07) is 44.9. The first-order chi connectivity index (χ1) is 20.3. The molecular weight excluding hydrogens is 504 g/mol. The molecule has 8 aromatic rings. The van der Waals surface area contributed by atoms with E-state index in [1.807, 2.05) is 84.9 Å². The molecule has 0 atom stereocenters. The number of nitrogens with zero attached hydrogens (tertiary/aromatic N) is 4. The van der Waals surface area contributed by atoms with Crippen LogP contribution in [0.2, 0.25) is 0 Å². The molecule has 0 aliphatic heterocycles. The van der Waals surface area contributed by atoms with Gasteiger partial charge in [-0.05, 0) is 40.4 Å². The Morgan fingerprint density at radius 2 is 0.951 bits per heavy atom. The highest BCUT2D eigenvalue weighted by Gasteiger charge is 2.15. The van der Waals surface area contributed by atoms with Gasteiger partial charge in [0.1, 0.15) is 5.52 Å². The van der Waals surface area contributed by atoms with Crippen molar-refractivity contribution in [1.29, 1.82) is 0 Å². The second kappa shape index (κ2) is 9.50. The third-order valence-corrected chi connectivity index (χ3v) is 7.33. The fourth-order valence-electron chi connectivity index (χ4n) is 5.24. The van der Waals surface area contributed by atoms with Gasteiger partial charge in [0.25, 0.3) is 0 Å². The number of rotatable bonds is 4. The van der Waals surface area contributed by atoms with Crippen LogP contribution < -0.4 is 0 Å². The molecule has 6 aromatic carbocycles. The van der Waals surface area contributed by atoms with E-state index in [1.165, 1.54) is 5.39 Å². The van der Waals surface area contributed by atoms with Crippen LogP contribution in [-0.2, 0) is 0 Å². The predicted octanol–water partition coefficient (Wildman–Crippen LogP) is 8.99. The van der Waals surface area contributed by atoms with E-state index >= 15 is 0 Å². The average Bonchev–Trinajstić information content (AvgIpc) is 3.50. The molecule has 0 aliphatic rings. The molecule has 0 saturated heterocycles. The minimum Gasteiger partial charge on any atom is -0.436 e. The molecule has 0 unspecified atom stereocenters. The molecule has 0 bridgehead atoms. The summed E-state index contributed by atoms with van der Waals surface area (Å²) >= 11 is 0. The number of fused-ring (bicyclic) bond motifs is 4. The van der Waals surface area contributed by atoms with E-state index in [0.29, 0.717) is 23.4 Å². The van der Waals surface area contributed by atoms with Crippen LogP contribution in [0.4, 0.5) is 0 Å². The third kappa shape index (κ3) is 4.21. The molecule has 192 valence electrons. The minimum absolute atomic E-state index is 0.611. The zero-order chi connectivity index (χ0) is 27.2. The molecule has 5 heteroatoms. The lowest BCUT2D eigenvalue weighted by molar-refractivity contribution is 0.620. The van der Waals surface area contributed by atoms with Gasteiger partial charge in [0, 0.05) is 27.6 Å². The molecule has 0 radical (unpaired) electrons. The van der Waals surface area contributed by atoms with E-state index in [2.05, 4.69) is 48.5 Å². The van der Waals surface area contributed by atoms with Crippen molar-refractivity contribution in [2.24, 2.45) is 0 Å². The number of oxazole rings is 1. The average molecular weight is 527 g/mol. The van der Waals surface area contributed by atoms with Gasteiger partial charge < -0.3 is 4.42 Å². The molecule has 41 heavy (non-hydrogen) atoms. The van der Waals surface area contributed by atoms with Crippen molar-refractivity contribution in [3.8, 4) is 45.6 Å². The van der Waals surface area contributed by atoms with Crippen LogP contribution in [0.15, 0.2) is 138 Å². The molecule has 0 spiro atoms. The maximum atomic E-state index is 6.21. The number of aromatic nitrogens is 4. The van der Waals surface area contributed by atoms with Crippen molar-refractivity contribution < 1.29 is 4.42 Å². The fourth-order valence-corrected chi connectivity index (χ4v) is 5.24. The molecule has 0 N–H and O–H groups in total. The normalized spacial score (nSPS) is 11.4. The maximum Gasteiger partial charge on any atom is 0.227 e. The van der Waals surface area contributed by atoms with Crippen LogP contribution >= 0.6 is 0 Å². The summed E-state index contributed by atoms with van der Waals surface area (Å²) < 4.78 is 6.21. The third-order valence-electron chi connectivity index (χ3n) is 7.33. The van der Waals surface area contributed by atoms with Gasteiger partial charge in [0.15, 0.2) is 23.1 Å². The first-order valence-electron chi connectivity index (χ1n) is 13.5. The molecule has 0 saturated carbocycles. The van der Waals surface area contributed by atoms with Crippen LogP contribution in [-0.4, -0.2) is 19.9 Å². The Morgan fingerprint density at radius 1 is 0.390 bits per heavy atom. The minimum atomic E-state index is 0.611. The van der Waals surface area contributed by atoms with Gasteiger partial charge in [0.05, 0.1) is 0 Å². The van der Waals surface area contributed by atoms with E-state index in [9.17, 15) is 0 Å². The molecule has 0 fully saturated rings. The van der Waals surface area contributed by atoms with Gasteiger partial charge in [-0.25, -0.2) is 19.9 Å². The second-order valence-electron chi connectivity index (χ2n) is 9.97. The summed E-state index contributed by atoms with van der Waals surface area (Å²) in [7, 11) is 0. The molecule has 2 heterocycles. The lowest BCUT2D eigenvalue weighted by Gasteiger charge is -2.09. The highest BCUT2D eigenvalue weighted by Crippen LogP contribution is 2.33. The summed E-state index contributed by atoms with van der Waals surface area (Å²) in [5.41, 5.74) is 5.34. The van der Waals surface area contributed by atoms with E-state index in [-0.39, 0.29) is 0 Å². The van der Waals surface area contributed by atoms with Gasteiger partial charge in [-0.2, -0.15) is 0 Å². The highest BCUT2D eigenvalue weighted by atomic mass is 16.3. The van der Waals surface area contributed by atoms with Gasteiger partial charge in [-0.15, -0.1) is 0 Å². The summed E-state index contributed by atoms with van der Waals surface area (Å²) in [4.78, 5) is 19.5. The monoisotopic (exact) mass is 526 g/mol. The molecule has 5 nitrogen and oxygen atoms in total. The predicted molar refractivity (Wildman–Crippen MR) is 164 cm³/mol. The fraction of sp³-hybridized carbons (Fsp3) is 0. The van der Waals surface area contributed by atoms with Crippen molar-refractivity contribution >= 4 is 32.6 Å². The molecular formula is C36H22N4O. The van der Waals surface area contributed by atoms with Gasteiger partial charge in [0.2, 0.25) is 5.89 Å². The van der Waals surface area contributed by atoms with Crippen molar-refractivity contribution in [1.82, 2.24) is 19.9 Å². The zero-order valence-electron chi connectivity index (χ0n) is 21.9.